The molecule has 0 spiro atoms. The normalized spacial score (nSPS) is 11.1. The summed E-state index contributed by atoms with van der Waals surface area (Å²) in [6.45, 7) is 0. The molecule has 1 aromatic carbocycles. The highest BCUT2D eigenvalue weighted by molar-refractivity contribution is 5.58. The Kier molecular flexibility index (Phi) is 7.23. The molecular weight excluding hydrogens is 192 g/mol. The molecule has 0 aliphatic carbocycles. The monoisotopic (exact) mass is 210 g/mol. The Labute approximate surface area is 90.2 Å². The Balaban J connectivity index is 0.000000583. The SMILES string of the molecule is COC.Nc1ccc(CC(N)C=O)cc1. The summed E-state index contributed by atoms with van der Waals surface area (Å²) in [5.74, 6) is 0. The number of aldehydes is 1. The fourth-order valence-corrected chi connectivity index (χ4v) is 0.974. The number of nitrogens with two attached hydrogens (primary N) is 2. The van der Waals surface area contributed by atoms with Gasteiger partial charge in [-0.25, -0.2) is 0 Å². The molecule has 0 amide bonds. The first kappa shape index (κ1) is 13.6. The molecule has 0 aliphatic rings. The van der Waals surface area contributed by atoms with Crippen LogP contribution in [0.3, 0.4) is 0 Å². The van der Waals surface area contributed by atoms with Gasteiger partial charge in [0.2, 0.25) is 0 Å². The fourth-order valence-electron chi connectivity index (χ4n) is 0.974. The second-order valence-corrected chi connectivity index (χ2v) is 3.15. The predicted molar refractivity (Wildman–Crippen MR) is 61.5 cm³/mol. The van der Waals surface area contributed by atoms with Crippen LogP contribution >= 0.6 is 0 Å². The molecular formula is C11H18N2O2. The average Bonchev–Trinajstić information content (AvgIpc) is 2.22. The van der Waals surface area contributed by atoms with E-state index in [9.17, 15) is 4.79 Å². The van der Waals surface area contributed by atoms with Gasteiger partial charge in [-0.15, -0.1) is 0 Å². The summed E-state index contributed by atoms with van der Waals surface area (Å²) in [6.07, 6.45) is 1.32. The Bertz CT molecular complexity index is 272. The van der Waals surface area contributed by atoms with E-state index >= 15 is 0 Å². The van der Waals surface area contributed by atoms with E-state index < -0.39 is 6.04 Å². The highest BCUT2D eigenvalue weighted by Gasteiger charge is 2.00. The van der Waals surface area contributed by atoms with Crippen LogP contribution < -0.4 is 11.5 Å². The molecule has 1 unspecified atom stereocenters. The van der Waals surface area contributed by atoms with Crippen LogP contribution in [0.2, 0.25) is 0 Å². The van der Waals surface area contributed by atoms with Crippen LogP contribution in [0, 0.1) is 0 Å². The summed E-state index contributed by atoms with van der Waals surface area (Å²) in [4.78, 5) is 10.2. The van der Waals surface area contributed by atoms with Gasteiger partial charge in [0.25, 0.3) is 0 Å². The third-order valence-corrected chi connectivity index (χ3v) is 1.63. The number of rotatable bonds is 3. The van der Waals surface area contributed by atoms with Crippen LogP contribution in [0.5, 0.6) is 0 Å². The van der Waals surface area contributed by atoms with E-state index in [1.807, 2.05) is 12.1 Å². The van der Waals surface area contributed by atoms with Crippen LogP contribution in [0.15, 0.2) is 24.3 Å². The van der Waals surface area contributed by atoms with Crippen LogP contribution in [0.4, 0.5) is 5.69 Å². The van der Waals surface area contributed by atoms with Crippen molar-refractivity contribution in [2.45, 2.75) is 12.5 Å². The first-order valence-corrected chi connectivity index (χ1v) is 4.59. The molecule has 0 aromatic heterocycles. The van der Waals surface area contributed by atoms with Gasteiger partial charge in [-0.3, -0.25) is 0 Å². The molecule has 4 N–H and O–H groups in total. The van der Waals surface area contributed by atoms with Crippen LogP contribution in [-0.2, 0) is 16.0 Å². The zero-order chi connectivity index (χ0) is 11.7. The maximum Gasteiger partial charge on any atom is 0.137 e. The zero-order valence-corrected chi connectivity index (χ0v) is 9.14. The largest absolute Gasteiger partial charge is 0.399 e. The maximum atomic E-state index is 10.2. The molecule has 0 radical (unpaired) electrons. The number of nitrogen functional groups attached to an aromatic ring is 1. The number of hydrogen-bond donors (Lipinski definition) is 2. The summed E-state index contributed by atoms with van der Waals surface area (Å²) in [5.41, 5.74) is 12.7. The first-order valence-electron chi connectivity index (χ1n) is 4.59. The third-order valence-electron chi connectivity index (χ3n) is 1.63. The van der Waals surface area contributed by atoms with Crippen LogP contribution in [0.25, 0.3) is 0 Å². The van der Waals surface area contributed by atoms with Crippen molar-refractivity contribution in [2.24, 2.45) is 5.73 Å². The maximum absolute atomic E-state index is 10.2. The van der Waals surface area contributed by atoms with Gasteiger partial charge in [0.15, 0.2) is 0 Å². The highest BCUT2D eigenvalue weighted by atomic mass is 16.4. The van der Waals surface area contributed by atoms with Crippen molar-refractivity contribution in [3.05, 3.63) is 29.8 Å². The minimum Gasteiger partial charge on any atom is -0.399 e. The Morgan fingerprint density at radius 1 is 1.33 bits per heavy atom. The lowest BCUT2D eigenvalue weighted by Gasteiger charge is -2.03. The summed E-state index contributed by atoms with van der Waals surface area (Å²) in [5, 5.41) is 0. The number of ether oxygens (including phenoxy) is 1. The lowest BCUT2D eigenvalue weighted by Crippen LogP contribution is -2.23. The van der Waals surface area contributed by atoms with Gasteiger partial charge in [-0.2, -0.15) is 0 Å². The average molecular weight is 210 g/mol. The quantitative estimate of drug-likeness (QED) is 0.565. The van der Waals surface area contributed by atoms with E-state index in [4.69, 9.17) is 11.5 Å². The van der Waals surface area contributed by atoms with E-state index in [2.05, 4.69) is 4.74 Å². The molecule has 0 saturated carbocycles. The van der Waals surface area contributed by atoms with Crippen molar-refractivity contribution in [1.82, 2.24) is 0 Å². The van der Waals surface area contributed by atoms with Crippen molar-refractivity contribution in [1.29, 1.82) is 0 Å². The van der Waals surface area contributed by atoms with Crippen LogP contribution in [0.1, 0.15) is 5.56 Å². The third kappa shape index (κ3) is 6.65. The van der Waals surface area contributed by atoms with Crippen molar-refractivity contribution >= 4 is 12.0 Å². The van der Waals surface area contributed by atoms with E-state index in [-0.39, 0.29) is 0 Å². The van der Waals surface area contributed by atoms with E-state index in [1.54, 1.807) is 26.4 Å². The molecule has 4 heteroatoms. The molecule has 0 bridgehead atoms. The Morgan fingerprint density at radius 2 is 1.80 bits per heavy atom. The summed E-state index contributed by atoms with van der Waals surface area (Å²) < 4.78 is 4.25. The minimum absolute atomic E-state index is 0.409. The Hall–Kier alpha value is -1.39. The summed E-state index contributed by atoms with van der Waals surface area (Å²) >= 11 is 0. The lowest BCUT2D eigenvalue weighted by atomic mass is 10.1. The number of methoxy groups -OCH3 is 1. The Morgan fingerprint density at radius 3 is 2.20 bits per heavy atom. The predicted octanol–water partition coefficient (Wildman–Crippen LogP) is 0.600. The molecule has 0 fully saturated rings. The van der Waals surface area contributed by atoms with Gasteiger partial charge in [0.1, 0.15) is 6.29 Å². The minimum atomic E-state index is -0.409. The van der Waals surface area contributed by atoms with E-state index in [0.717, 1.165) is 17.5 Å². The van der Waals surface area contributed by atoms with Gasteiger partial charge < -0.3 is 21.0 Å². The summed E-state index contributed by atoms with van der Waals surface area (Å²) in [7, 11) is 3.25. The standard InChI is InChI=1S/C9H12N2O.C2H6O/c10-8-3-1-7(2-4-8)5-9(11)6-12;1-3-2/h1-4,6,9H,5,10-11H2;1-2H3. The van der Waals surface area contributed by atoms with Gasteiger partial charge in [-0.1, -0.05) is 12.1 Å². The number of hydrogen-bond acceptors (Lipinski definition) is 4. The molecule has 15 heavy (non-hydrogen) atoms. The smallest absolute Gasteiger partial charge is 0.137 e. The summed E-state index contributed by atoms with van der Waals surface area (Å²) in [6, 6.07) is 6.94. The molecule has 1 aromatic rings. The lowest BCUT2D eigenvalue weighted by molar-refractivity contribution is -0.108. The van der Waals surface area contributed by atoms with Gasteiger partial charge in [0, 0.05) is 19.9 Å². The van der Waals surface area contributed by atoms with Crippen molar-refractivity contribution in [3.63, 3.8) is 0 Å². The molecule has 1 atom stereocenters. The van der Waals surface area contributed by atoms with Gasteiger partial charge in [-0.05, 0) is 24.1 Å². The molecule has 1 rings (SSSR count). The number of anilines is 1. The van der Waals surface area contributed by atoms with E-state index in [1.165, 1.54) is 0 Å². The second-order valence-electron chi connectivity index (χ2n) is 3.15. The van der Waals surface area contributed by atoms with E-state index in [0.29, 0.717) is 6.42 Å². The molecule has 0 heterocycles. The first-order chi connectivity index (χ1) is 7.13. The number of carbonyl (C=O) groups is 1. The van der Waals surface area contributed by atoms with Gasteiger partial charge in [0.05, 0.1) is 6.04 Å². The number of benzene rings is 1. The zero-order valence-electron chi connectivity index (χ0n) is 9.14. The topological polar surface area (TPSA) is 78.3 Å². The fraction of sp³-hybridized carbons (Fsp3) is 0.364. The number of carbonyl (C=O) groups excluding carboxylic acids is 1. The second kappa shape index (κ2) is 7.96. The molecule has 0 aliphatic heterocycles. The molecule has 4 nitrogen and oxygen atoms in total. The van der Waals surface area contributed by atoms with Crippen molar-refractivity contribution in [2.75, 3.05) is 20.0 Å². The molecule has 0 saturated heterocycles. The van der Waals surface area contributed by atoms with Crippen molar-refractivity contribution in [3.8, 4) is 0 Å². The highest BCUT2D eigenvalue weighted by Crippen LogP contribution is 2.06. The van der Waals surface area contributed by atoms with Gasteiger partial charge >= 0.3 is 0 Å². The van der Waals surface area contributed by atoms with Crippen molar-refractivity contribution < 1.29 is 9.53 Å². The van der Waals surface area contributed by atoms with Crippen LogP contribution in [-0.4, -0.2) is 26.5 Å². The molecule has 84 valence electrons.